The van der Waals surface area contributed by atoms with Crippen molar-refractivity contribution < 1.29 is 0 Å². The van der Waals surface area contributed by atoms with Crippen molar-refractivity contribution in [3.63, 3.8) is 0 Å². The summed E-state index contributed by atoms with van der Waals surface area (Å²) in [4.78, 5) is 9.08. The van der Waals surface area contributed by atoms with Gasteiger partial charge in [0, 0.05) is 25.0 Å². The van der Waals surface area contributed by atoms with E-state index >= 15 is 0 Å². The summed E-state index contributed by atoms with van der Waals surface area (Å²) in [7, 11) is 0. The lowest BCUT2D eigenvalue weighted by atomic mass is 9.92. The number of rotatable bonds is 4. The molecule has 20 heavy (non-hydrogen) atoms. The molecule has 108 valence electrons. The van der Waals surface area contributed by atoms with Gasteiger partial charge in [-0.05, 0) is 31.6 Å². The van der Waals surface area contributed by atoms with Crippen LogP contribution in [0.25, 0.3) is 5.65 Å². The lowest BCUT2D eigenvalue weighted by Gasteiger charge is -2.18. The molecular formula is C15H23N5. The van der Waals surface area contributed by atoms with Crippen LogP contribution < -0.4 is 10.6 Å². The molecule has 2 heterocycles. The first-order valence-electron chi connectivity index (χ1n) is 7.41. The third-order valence-electron chi connectivity index (χ3n) is 4.04. The second-order valence-electron chi connectivity index (χ2n) is 6.41. The predicted octanol–water partition coefficient (Wildman–Crippen LogP) is 3.15. The van der Waals surface area contributed by atoms with Gasteiger partial charge in [-0.3, -0.25) is 0 Å². The average molecular weight is 273 g/mol. The van der Waals surface area contributed by atoms with E-state index in [9.17, 15) is 0 Å². The molecule has 5 nitrogen and oxygen atoms in total. The van der Waals surface area contributed by atoms with Crippen molar-refractivity contribution >= 4 is 17.3 Å². The van der Waals surface area contributed by atoms with Crippen molar-refractivity contribution in [2.45, 2.75) is 46.1 Å². The molecule has 0 spiro atoms. The first-order valence-corrected chi connectivity index (χ1v) is 7.41. The minimum atomic E-state index is 0.433. The van der Waals surface area contributed by atoms with Crippen molar-refractivity contribution in [2.75, 3.05) is 17.2 Å². The van der Waals surface area contributed by atoms with E-state index < -0.39 is 0 Å². The summed E-state index contributed by atoms with van der Waals surface area (Å²) in [6.45, 7) is 7.61. The van der Waals surface area contributed by atoms with Gasteiger partial charge in [0.2, 0.25) is 0 Å². The highest BCUT2D eigenvalue weighted by Gasteiger charge is 2.31. The lowest BCUT2D eigenvalue weighted by molar-refractivity contribution is 0.378. The maximum atomic E-state index is 4.67. The maximum Gasteiger partial charge on any atom is 0.180 e. The van der Waals surface area contributed by atoms with Crippen LogP contribution in [0.5, 0.6) is 0 Å². The summed E-state index contributed by atoms with van der Waals surface area (Å²) in [5, 5.41) is 6.86. The summed E-state index contributed by atoms with van der Waals surface area (Å²) >= 11 is 0. The fourth-order valence-corrected chi connectivity index (χ4v) is 3.05. The summed E-state index contributed by atoms with van der Waals surface area (Å²) < 4.78 is 2.02. The van der Waals surface area contributed by atoms with Crippen LogP contribution in [0.15, 0.2) is 18.6 Å². The fraction of sp³-hybridized carbons (Fsp3) is 0.600. The van der Waals surface area contributed by atoms with E-state index in [1.165, 1.54) is 19.3 Å². The van der Waals surface area contributed by atoms with Gasteiger partial charge in [0.15, 0.2) is 11.5 Å². The Kier molecular flexibility index (Phi) is 3.28. The Hall–Kier alpha value is -1.78. The molecule has 2 aromatic rings. The molecule has 0 aromatic carbocycles. The number of anilines is 2. The SMILES string of the molecule is CCNc1cn2ccnc2c(NC2CCC(C)(C)C2)n1. The van der Waals surface area contributed by atoms with Crippen LogP contribution in [0.2, 0.25) is 0 Å². The first kappa shape index (κ1) is 13.2. The average Bonchev–Trinajstić information content (AvgIpc) is 2.96. The Bertz CT molecular complexity index is 601. The molecule has 0 saturated heterocycles. The number of imidazole rings is 1. The van der Waals surface area contributed by atoms with Crippen LogP contribution in [0.1, 0.15) is 40.0 Å². The van der Waals surface area contributed by atoms with E-state index in [4.69, 9.17) is 0 Å². The number of nitrogens with zero attached hydrogens (tertiary/aromatic N) is 3. The molecule has 1 atom stereocenters. The van der Waals surface area contributed by atoms with Gasteiger partial charge in [-0.2, -0.15) is 0 Å². The predicted molar refractivity (Wildman–Crippen MR) is 82.2 cm³/mol. The number of hydrogen-bond donors (Lipinski definition) is 2. The summed E-state index contributed by atoms with van der Waals surface area (Å²) in [5.41, 5.74) is 1.33. The molecule has 1 fully saturated rings. The Labute approximate surface area is 119 Å². The largest absolute Gasteiger partial charge is 0.369 e. The zero-order valence-electron chi connectivity index (χ0n) is 12.5. The molecule has 3 rings (SSSR count). The minimum absolute atomic E-state index is 0.433. The Morgan fingerprint density at radius 1 is 1.45 bits per heavy atom. The van der Waals surface area contributed by atoms with Gasteiger partial charge >= 0.3 is 0 Å². The van der Waals surface area contributed by atoms with Gasteiger partial charge in [-0.25, -0.2) is 9.97 Å². The van der Waals surface area contributed by atoms with Crippen molar-refractivity contribution in [1.82, 2.24) is 14.4 Å². The van der Waals surface area contributed by atoms with Gasteiger partial charge in [0.1, 0.15) is 5.82 Å². The second kappa shape index (κ2) is 4.96. The molecule has 2 N–H and O–H groups in total. The number of fused-ring (bicyclic) bond motifs is 1. The number of nitrogens with one attached hydrogen (secondary N) is 2. The Morgan fingerprint density at radius 2 is 2.30 bits per heavy atom. The quantitative estimate of drug-likeness (QED) is 0.898. The van der Waals surface area contributed by atoms with Gasteiger partial charge < -0.3 is 15.0 Å². The van der Waals surface area contributed by atoms with Crippen molar-refractivity contribution in [1.29, 1.82) is 0 Å². The molecule has 0 bridgehead atoms. The van der Waals surface area contributed by atoms with Crippen LogP contribution in [0.3, 0.4) is 0 Å². The molecule has 0 aliphatic heterocycles. The van der Waals surface area contributed by atoms with Crippen LogP contribution in [0.4, 0.5) is 11.6 Å². The third kappa shape index (κ3) is 2.57. The highest BCUT2D eigenvalue weighted by atomic mass is 15.2. The molecule has 0 radical (unpaired) electrons. The van der Waals surface area contributed by atoms with Gasteiger partial charge in [0.25, 0.3) is 0 Å². The normalized spacial score (nSPS) is 21.2. The lowest BCUT2D eigenvalue weighted by Crippen LogP contribution is -2.19. The molecule has 1 unspecified atom stereocenters. The third-order valence-corrected chi connectivity index (χ3v) is 4.04. The summed E-state index contributed by atoms with van der Waals surface area (Å²) in [6, 6.07) is 0.495. The number of aromatic nitrogens is 3. The zero-order chi connectivity index (χ0) is 14.2. The Balaban J connectivity index is 1.88. The highest BCUT2D eigenvalue weighted by Crippen LogP contribution is 2.38. The van der Waals surface area contributed by atoms with Crippen LogP contribution in [0, 0.1) is 5.41 Å². The molecule has 0 amide bonds. The molecular weight excluding hydrogens is 250 g/mol. The topological polar surface area (TPSA) is 54.2 Å². The van der Waals surface area contributed by atoms with Gasteiger partial charge in [-0.15, -0.1) is 0 Å². The standard InChI is InChI=1S/C15H23N5/c1-4-16-12-10-20-8-7-17-14(20)13(19-12)18-11-5-6-15(2,3)9-11/h7-8,10-11,16H,4-6,9H2,1-3H3,(H,18,19). The van der Waals surface area contributed by atoms with E-state index in [-0.39, 0.29) is 0 Å². The van der Waals surface area contributed by atoms with E-state index in [0.29, 0.717) is 11.5 Å². The van der Waals surface area contributed by atoms with Crippen molar-refractivity contribution in [2.24, 2.45) is 5.41 Å². The molecule has 1 saturated carbocycles. The summed E-state index contributed by atoms with van der Waals surface area (Å²) in [6.07, 6.45) is 9.41. The highest BCUT2D eigenvalue weighted by molar-refractivity contribution is 5.65. The van der Waals surface area contributed by atoms with E-state index in [2.05, 4.69) is 41.4 Å². The monoisotopic (exact) mass is 273 g/mol. The molecule has 1 aliphatic carbocycles. The molecule has 2 aromatic heterocycles. The smallest absolute Gasteiger partial charge is 0.180 e. The van der Waals surface area contributed by atoms with E-state index in [1.54, 1.807) is 0 Å². The van der Waals surface area contributed by atoms with Crippen LogP contribution >= 0.6 is 0 Å². The van der Waals surface area contributed by atoms with E-state index in [0.717, 1.165) is 23.8 Å². The summed E-state index contributed by atoms with van der Waals surface area (Å²) in [5.74, 6) is 1.77. The van der Waals surface area contributed by atoms with Gasteiger partial charge in [-0.1, -0.05) is 13.8 Å². The van der Waals surface area contributed by atoms with Crippen LogP contribution in [-0.2, 0) is 0 Å². The minimum Gasteiger partial charge on any atom is -0.369 e. The van der Waals surface area contributed by atoms with E-state index in [1.807, 2.05) is 23.0 Å². The fourth-order valence-electron chi connectivity index (χ4n) is 3.05. The zero-order valence-corrected chi connectivity index (χ0v) is 12.5. The van der Waals surface area contributed by atoms with Crippen LogP contribution in [-0.4, -0.2) is 27.0 Å². The number of hydrogen-bond acceptors (Lipinski definition) is 4. The second-order valence-corrected chi connectivity index (χ2v) is 6.41. The van der Waals surface area contributed by atoms with Crippen molar-refractivity contribution in [3.05, 3.63) is 18.6 Å². The Morgan fingerprint density at radius 3 is 3.00 bits per heavy atom. The molecule has 5 heteroatoms. The van der Waals surface area contributed by atoms with Gasteiger partial charge in [0.05, 0.1) is 6.20 Å². The first-order chi connectivity index (χ1) is 9.57. The maximum absolute atomic E-state index is 4.67. The molecule has 1 aliphatic rings. The van der Waals surface area contributed by atoms with Crippen molar-refractivity contribution in [3.8, 4) is 0 Å².